The van der Waals surface area contributed by atoms with Crippen molar-refractivity contribution in [3.63, 3.8) is 0 Å². The molecule has 126 valence electrons. The van der Waals surface area contributed by atoms with E-state index >= 15 is 0 Å². The number of carbonyl (C=O) groups is 1. The molecule has 1 saturated heterocycles. The lowest BCUT2D eigenvalue weighted by molar-refractivity contribution is 0.0943. The van der Waals surface area contributed by atoms with Gasteiger partial charge in [0.05, 0.1) is 12.6 Å². The third-order valence-electron chi connectivity index (χ3n) is 4.72. The maximum atomic E-state index is 12.2. The average molecular weight is 326 g/mol. The summed E-state index contributed by atoms with van der Waals surface area (Å²) in [5.41, 5.74) is 1.26. The summed E-state index contributed by atoms with van der Waals surface area (Å²) < 4.78 is 11.5. The lowest BCUT2D eigenvalue weighted by Crippen LogP contribution is -2.46. The number of likely N-dealkylation sites (tertiary alicyclic amines) is 1. The summed E-state index contributed by atoms with van der Waals surface area (Å²) in [6.07, 6.45) is 4.26. The van der Waals surface area contributed by atoms with E-state index in [-0.39, 0.29) is 23.8 Å². The monoisotopic (exact) mass is 325 g/mol. The zero-order chi connectivity index (χ0) is 17.0. The Labute approximate surface area is 136 Å². The Morgan fingerprint density at radius 3 is 2.59 bits per heavy atom. The summed E-state index contributed by atoms with van der Waals surface area (Å²) in [6, 6.07) is 0.0673. The molecule has 1 fully saturated rings. The first-order valence-electron chi connectivity index (χ1n) is 7.94. The molecule has 1 aliphatic rings. The fourth-order valence-electron chi connectivity index (χ4n) is 2.13. The summed E-state index contributed by atoms with van der Waals surface area (Å²) in [5, 5.41) is 0.170. The van der Waals surface area contributed by atoms with Crippen molar-refractivity contribution in [1.29, 1.82) is 0 Å². The minimum absolute atomic E-state index is 0.0673. The van der Waals surface area contributed by atoms with Crippen LogP contribution < -0.4 is 0 Å². The second-order valence-electron chi connectivity index (χ2n) is 7.37. The van der Waals surface area contributed by atoms with Crippen molar-refractivity contribution in [2.24, 2.45) is 0 Å². The second kappa shape index (κ2) is 7.46. The van der Waals surface area contributed by atoms with E-state index in [1.54, 1.807) is 11.0 Å². The molecular weight excluding hydrogens is 294 g/mol. The fraction of sp³-hybridized carbons (Fsp3) is 0.706. The lowest BCUT2D eigenvalue weighted by Gasteiger charge is -2.37. The van der Waals surface area contributed by atoms with E-state index < -0.39 is 8.32 Å². The SMILES string of the molecule is C=CCOC(=O)N1CC(=CC)C[C@H]1CO[Si](C)(C)C(C)(C)C. The van der Waals surface area contributed by atoms with Crippen LogP contribution in [0.3, 0.4) is 0 Å². The van der Waals surface area contributed by atoms with Crippen molar-refractivity contribution < 1.29 is 14.0 Å². The summed E-state index contributed by atoms with van der Waals surface area (Å²) in [4.78, 5) is 14.0. The van der Waals surface area contributed by atoms with E-state index in [0.717, 1.165) is 6.42 Å². The third kappa shape index (κ3) is 4.71. The quantitative estimate of drug-likeness (QED) is 0.557. The Hall–Kier alpha value is -1.07. The van der Waals surface area contributed by atoms with Crippen molar-refractivity contribution >= 4 is 14.4 Å². The number of allylic oxidation sites excluding steroid dienone is 1. The molecule has 0 radical (unpaired) electrons. The third-order valence-corrected chi connectivity index (χ3v) is 9.22. The van der Waals surface area contributed by atoms with Gasteiger partial charge in [-0.05, 0) is 31.5 Å². The number of carbonyl (C=O) groups excluding carboxylic acids is 1. The summed E-state index contributed by atoms with van der Waals surface area (Å²) in [5.74, 6) is 0. The topological polar surface area (TPSA) is 38.8 Å². The lowest BCUT2D eigenvalue weighted by atomic mass is 10.1. The molecule has 0 bridgehead atoms. The highest BCUT2D eigenvalue weighted by Crippen LogP contribution is 2.37. The van der Waals surface area contributed by atoms with Crippen LogP contribution in [0, 0.1) is 0 Å². The van der Waals surface area contributed by atoms with E-state index in [4.69, 9.17) is 9.16 Å². The Balaban J connectivity index is 2.73. The van der Waals surface area contributed by atoms with Crippen LogP contribution in [0.25, 0.3) is 0 Å². The Kier molecular flexibility index (Phi) is 6.44. The fourth-order valence-corrected chi connectivity index (χ4v) is 3.17. The molecule has 0 N–H and O–H groups in total. The molecule has 0 saturated carbocycles. The minimum atomic E-state index is -1.81. The van der Waals surface area contributed by atoms with Crippen LogP contribution in [0.5, 0.6) is 0 Å². The largest absolute Gasteiger partial charge is 0.445 e. The molecule has 5 heteroatoms. The number of ether oxygens (including phenoxy) is 1. The molecule has 1 aliphatic heterocycles. The van der Waals surface area contributed by atoms with Crippen LogP contribution in [-0.4, -0.2) is 45.1 Å². The number of nitrogens with zero attached hydrogens (tertiary/aromatic N) is 1. The molecule has 0 spiro atoms. The highest BCUT2D eigenvalue weighted by Gasteiger charge is 2.40. The van der Waals surface area contributed by atoms with Gasteiger partial charge < -0.3 is 9.16 Å². The molecule has 4 nitrogen and oxygen atoms in total. The van der Waals surface area contributed by atoms with Gasteiger partial charge >= 0.3 is 6.09 Å². The molecule has 0 aromatic carbocycles. The van der Waals surface area contributed by atoms with Crippen molar-refractivity contribution in [3.05, 3.63) is 24.3 Å². The molecule has 0 aromatic heterocycles. The zero-order valence-electron chi connectivity index (χ0n) is 14.9. The number of hydrogen-bond donors (Lipinski definition) is 0. The van der Waals surface area contributed by atoms with E-state index in [1.807, 2.05) is 6.92 Å². The van der Waals surface area contributed by atoms with Crippen molar-refractivity contribution in [2.45, 2.75) is 58.3 Å². The Morgan fingerprint density at radius 2 is 2.09 bits per heavy atom. The predicted molar refractivity (Wildman–Crippen MR) is 93.6 cm³/mol. The second-order valence-corrected chi connectivity index (χ2v) is 12.2. The maximum absolute atomic E-state index is 12.2. The van der Waals surface area contributed by atoms with Crippen molar-refractivity contribution in [3.8, 4) is 0 Å². The van der Waals surface area contributed by atoms with E-state index in [0.29, 0.717) is 13.2 Å². The standard InChI is InChI=1S/C17H31NO3Si/c1-8-10-20-16(19)18-12-14(9-2)11-15(18)13-21-22(6,7)17(3,4)5/h8-9,15H,1,10-13H2,2-7H3/t15-/m0/s1. The van der Waals surface area contributed by atoms with Gasteiger partial charge in [0.25, 0.3) is 0 Å². The molecule has 1 heterocycles. The smallest absolute Gasteiger partial charge is 0.410 e. The first-order valence-corrected chi connectivity index (χ1v) is 10.9. The Bertz CT molecular complexity index is 438. The molecule has 0 aromatic rings. The van der Waals surface area contributed by atoms with Crippen LogP contribution in [0.2, 0.25) is 18.1 Å². The van der Waals surface area contributed by atoms with Gasteiger partial charge in [-0.2, -0.15) is 0 Å². The first kappa shape index (κ1) is 19.0. The van der Waals surface area contributed by atoms with Gasteiger partial charge in [0.2, 0.25) is 0 Å². The van der Waals surface area contributed by atoms with Crippen LogP contribution >= 0.6 is 0 Å². The molecule has 22 heavy (non-hydrogen) atoms. The van der Waals surface area contributed by atoms with Gasteiger partial charge in [0.1, 0.15) is 6.61 Å². The van der Waals surface area contributed by atoms with Gasteiger partial charge in [-0.15, -0.1) is 0 Å². The van der Waals surface area contributed by atoms with Gasteiger partial charge in [0, 0.05) is 6.54 Å². The van der Waals surface area contributed by atoms with Crippen LogP contribution in [0.15, 0.2) is 24.3 Å². The van der Waals surface area contributed by atoms with E-state index in [2.05, 4.69) is 46.5 Å². The number of amides is 1. The summed E-state index contributed by atoms with van der Waals surface area (Å²) in [6.45, 7) is 18.2. The van der Waals surface area contributed by atoms with Gasteiger partial charge in [-0.25, -0.2) is 4.79 Å². The Morgan fingerprint density at radius 1 is 1.45 bits per heavy atom. The minimum Gasteiger partial charge on any atom is -0.445 e. The number of hydrogen-bond acceptors (Lipinski definition) is 3. The molecule has 0 aliphatic carbocycles. The average Bonchev–Trinajstić information content (AvgIpc) is 2.85. The highest BCUT2D eigenvalue weighted by molar-refractivity contribution is 6.74. The molecular formula is C17H31NO3Si. The van der Waals surface area contributed by atoms with Gasteiger partial charge in [-0.1, -0.05) is 45.1 Å². The van der Waals surface area contributed by atoms with Crippen LogP contribution in [-0.2, 0) is 9.16 Å². The summed E-state index contributed by atoms with van der Waals surface area (Å²) >= 11 is 0. The van der Waals surface area contributed by atoms with Gasteiger partial charge in [-0.3, -0.25) is 4.90 Å². The van der Waals surface area contributed by atoms with Crippen molar-refractivity contribution in [2.75, 3.05) is 19.8 Å². The highest BCUT2D eigenvalue weighted by atomic mass is 28.4. The van der Waals surface area contributed by atoms with Crippen molar-refractivity contribution in [1.82, 2.24) is 4.90 Å². The first-order chi connectivity index (χ1) is 10.1. The van der Waals surface area contributed by atoms with E-state index in [9.17, 15) is 4.79 Å². The summed E-state index contributed by atoms with van der Waals surface area (Å²) in [7, 11) is -1.81. The van der Waals surface area contributed by atoms with Crippen LogP contribution in [0.4, 0.5) is 4.79 Å². The predicted octanol–water partition coefficient (Wildman–Crippen LogP) is 4.35. The van der Waals surface area contributed by atoms with Crippen LogP contribution in [0.1, 0.15) is 34.1 Å². The number of rotatable bonds is 5. The molecule has 1 amide bonds. The zero-order valence-corrected chi connectivity index (χ0v) is 15.9. The molecule has 1 atom stereocenters. The molecule has 0 unspecified atom stereocenters. The van der Waals surface area contributed by atoms with Gasteiger partial charge in [0.15, 0.2) is 8.32 Å². The maximum Gasteiger partial charge on any atom is 0.410 e. The normalized spacial score (nSPS) is 21.3. The molecule has 1 rings (SSSR count). The van der Waals surface area contributed by atoms with E-state index in [1.165, 1.54) is 5.57 Å².